The van der Waals surface area contributed by atoms with Crippen molar-refractivity contribution in [3.8, 4) is 11.4 Å². The lowest BCUT2D eigenvalue weighted by Gasteiger charge is -2.28. The van der Waals surface area contributed by atoms with Crippen molar-refractivity contribution < 1.29 is 9.90 Å². The van der Waals surface area contributed by atoms with E-state index in [4.69, 9.17) is 0 Å². The normalized spacial score (nSPS) is 18.4. The van der Waals surface area contributed by atoms with Crippen molar-refractivity contribution in [2.24, 2.45) is 7.05 Å². The van der Waals surface area contributed by atoms with Gasteiger partial charge >= 0.3 is 0 Å². The molecule has 3 aromatic heterocycles. The van der Waals surface area contributed by atoms with Gasteiger partial charge < -0.3 is 10.4 Å². The molecule has 1 saturated carbocycles. The van der Waals surface area contributed by atoms with E-state index in [1.54, 1.807) is 10.9 Å². The van der Waals surface area contributed by atoms with Crippen LogP contribution in [0.1, 0.15) is 47.3 Å². The second-order valence-corrected chi connectivity index (χ2v) is 8.68. The number of aryl methyl sites for hydroxylation is 1. The standard InChI is InChI=1S/C26H27N5O2/c1-31-24(12-13-28-31)21-11-10-17(16-27-21)14-18-15-23(29-20-7-3-2-6-19(18)20)26(33)30-22-8-4-5-9-25(22)32/h2-3,6-7,10-13,15-16,22,25,32H,4-5,8-9,14H2,1H3,(H,30,33)/t22?,25-/m0/s1. The van der Waals surface area contributed by atoms with E-state index in [0.717, 1.165) is 59.1 Å². The van der Waals surface area contributed by atoms with Crippen molar-refractivity contribution in [2.45, 2.75) is 44.2 Å². The van der Waals surface area contributed by atoms with Gasteiger partial charge in [0.1, 0.15) is 5.69 Å². The third kappa shape index (κ3) is 4.50. The maximum atomic E-state index is 13.0. The second kappa shape index (κ2) is 9.11. The minimum absolute atomic E-state index is 0.216. The van der Waals surface area contributed by atoms with Gasteiger partial charge in [0.2, 0.25) is 0 Å². The van der Waals surface area contributed by atoms with Gasteiger partial charge in [-0.1, -0.05) is 37.1 Å². The van der Waals surface area contributed by atoms with E-state index in [2.05, 4.69) is 26.4 Å². The molecule has 0 spiro atoms. The largest absolute Gasteiger partial charge is 0.391 e. The zero-order valence-electron chi connectivity index (χ0n) is 18.6. The van der Waals surface area contributed by atoms with Crippen LogP contribution in [0.5, 0.6) is 0 Å². The van der Waals surface area contributed by atoms with Crippen LogP contribution < -0.4 is 5.32 Å². The van der Waals surface area contributed by atoms with E-state index in [-0.39, 0.29) is 11.9 Å². The molecule has 2 N–H and O–H groups in total. The fraction of sp³-hybridized carbons (Fsp3) is 0.308. The summed E-state index contributed by atoms with van der Waals surface area (Å²) in [6, 6.07) is 15.5. The molecular weight excluding hydrogens is 414 g/mol. The Bertz CT molecular complexity index is 1280. The molecule has 1 fully saturated rings. The van der Waals surface area contributed by atoms with Gasteiger partial charge in [0.25, 0.3) is 5.91 Å². The number of nitrogens with zero attached hydrogens (tertiary/aromatic N) is 4. The number of hydrogen-bond donors (Lipinski definition) is 2. The number of carbonyl (C=O) groups excluding carboxylic acids is 1. The number of aliphatic hydroxyl groups is 1. The number of aliphatic hydroxyl groups excluding tert-OH is 1. The average Bonchev–Trinajstić information content (AvgIpc) is 3.26. The highest BCUT2D eigenvalue weighted by Gasteiger charge is 2.25. The molecule has 1 aromatic carbocycles. The minimum atomic E-state index is -0.494. The number of aromatic nitrogens is 4. The Balaban J connectivity index is 1.42. The first-order chi connectivity index (χ1) is 16.1. The molecule has 7 nitrogen and oxygen atoms in total. The number of nitrogens with one attached hydrogen (secondary N) is 1. The maximum absolute atomic E-state index is 13.0. The smallest absolute Gasteiger partial charge is 0.270 e. The Kier molecular flexibility index (Phi) is 5.88. The minimum Gasteiger partial charge on any atom is -0.391 e. The van der Waals surface area contributed by atoms with Gasteiger partial charge in [-0.05, 0) is 54.7 Å². The van der Waals surface area contributed by atoms with Gasteiger partial charge in [0, 0.05) is 24.8 Å². The van der Waals surface area contributed by atoms with Crippen LogP contribution in [0, 0.1) is 0 Å². The molecule has 1 unspecified atom stereocenters. The molecule has 1 aliphatic rings. The fourth-order valence-electron chi connectivity index (χ4n) is 4.56. The molecule has 2 atom stereocenters. The van der Waals surface area contributed by atoms with E-state index in [9.17, 15) is 9.90 Å². The van der Waals surface area contributed by atoms with Gasteiger partial charge in [-0.3, -0.25) is 14.5 Å². The molecule has 3 heterocycles. The first kappa shape index (κ1) is 21.3. The molecule has 1 aliphatic carbocycles. The van der Waals surface area contributed by atoms with Crippen LogP contribution >= 0.6 is 0 Å². The van der Waals surface area contributed by atoms with Gasteiger partial charge in [0.05, 0.1) is 29.1 Å². The third-order valence-corrected chi connectivity index (χ3v) is 6.38. The van der Waals surface area contributed by atoms with Crippen LogP contribution in [0.25, 0.3) is 22.3 Å². The van der Waals surface area contributed by atoms with Crippen molar-refractivity contribution in [1.29, 1.82) is 0 Å². The summed E-state index contributed by atoms with van der Waals surface area (Å²) in [5.74, 6) is -0.238. The van der Waals surface area contributed by atoms with Crippen LogP contribution in [0.3, 0.4) is 0 Å². The zero-order chi connectivity index (χ0) is 22.8. The van der Waals surface area contributed by atoms with E-state index >= 15 is 0 Å². The summed E-state index contributed by atoms with van der Waals surface area (Å²) in [4.78, 5) is 22.2. The first-order valence-corrected chi connectivity index (χ1v) is 11.4. The Hall–Kier alpha value is -3.58. The molecule has 1 amide bonds. The van der Waals surface area contributed by atoms with Crippen molar-refractivity contribution in [1.82, 2.24) is 25.1 Å². The Morgan fingerprint density at radius 3 is 2.76 bits per heavy atom. The lowest BCUT2D eigenvalue weighted by molar-refractivity contribution is 0.0714. The molecule has 0 saturated heterocycles. The number of para-hydroxylation sites is 1. The van der Waals surface area contributed by atoms with Crippen molar-refractivity contribution >= 4 is 16.8 Å². The monoisotopic (exact) mass is 441 g/mol. The molecule has 0 aliphatic heterocycles. The van der Waals surface area contributed by atoms with Crippen LogP contribution in [-0.4, -0.2) is 42.9 Å². The second-order valence-electron chi connectivity index (χ2n) is 8.68. The molecule has 5 rings (SSSR count). The van der Waals surface area contributed by atoms with Gasteiger partial charge in [-0.15, -0.1) is 0 Å². The molecule has 33 heavy (non-hydrogen) atoms. The Morgan fingerprint density at radius 2 is 2.00 bits per heavy atom. The van der Waals surface area contributed by atoms with Gasteiger partial charge in [-0.2, -0.15) is 5.10 Å². The Labute approximate surface area is 192 Å². The molecular formula is C26H27N5O2. The predicted octanol–water partition coefficient (Wildman–Crippen LogP) is 3.65. The summed E-state index contributed by atoms with van der Waals surface area (Å²) >= 11 is 0. The lowest BCUT2D eigenvalue weighted by Crippen LogP contribution is -2.45. The number of fused-ring (bicyclic) bond motifs is 1. The zero-order valence-corrected chi connectivity index (χ0v) is 18.6. The highest BCUT2D eigenvalue weighted by atomic mass is 16.3. The highest BCUT2D eigenvalue weighted by molar-refractivity contribution is 5.96. The summed E-state index contributed by atoms with van der Waals surface area (Å²) < 4.78 is 1.80. The number of hydrogen-bond acceptors (Lipinski definition) is 5. The highest BCUT2D eigenvalue weighted by Crippen LogP contribution is 2.24. The summed E-state index contributed by atoms with van der Waals surface area (Å²) in [6.07, 6.45) is 7.30. The number of pyridine rings is 2. The third-order valence-electron chi connectivity index (χ3n) is 6.38. The SMILES string of the molecule is Cn1nccc1-c1ccc(Cc2cc(C(=O)NC3CCCC[C@@H]3O)nc3ccccc23)cn1. The number of rotatable bonds is 5. The average molecular weight is 442 g/mol. The summed E-state index contributed by atoms with van der Waals surface area (Å²) in [7, 11) is 1.90. The van der Waals surface area contributed by atoms with E-state index in [1.165, 1.54) is 0 Å². The summed E-state index contributed by atoms with van der Waals surface area (Å²) in [5, 5.41) is 18.5. The number of amides is 1. The molecule has 0 bridgehead atoms. The number of benzene rings is 1. The van der Waals surface area contributed by atoms with Crippen LogP contribution in [0.4, 0.5) is 0 Å². The van der Waals surface area contributed by atoms with Crippen molar-refractivity contribution in [2.75, 3.05) is 0 Å². The van der Waals surface area contributed by atoms with Gasteiger partial charge in [0.15, 0.2) is 0 Å². The molecule has 7 heteroatoms. The van der Waals surface area contributed by atoms with E-state index in [1.807, 2.05) is 55.7 Å². The molecule has 4 aromatic rings. The molecule has 168 valence electrons. The van der Waals surface area contributed by atoms with E-state index in [0.29, 0.717) is 12.1 Å². The lowest BCUT2D eigenvalue weighted by atomic mass is 9.92. The topological polar surface area (TPSA) is 92.9 Å². The quantitative estimate of drug-likeness (QED) is 0.493. The fourth-order valence-corrected chi connectivity index (χ4v) is 4.56. The van der Waals surface area contributed by atoms with Crippen LogP contribution in [-0.2, 0) is 13.5 Å². The van der Waals surface area contributed by atoms with Gasteiger partial charge in [-0.25, -0.2) is 4.98 Å². The number of carbonyl (C=O) groups is 1. The van der Waals surface area contributed by atoms with Crippen molar-refractivity contribution in [3.05, 3.63) is 77.7 Å². The summed E-state index contributed by atoms with van der Waals surface area (Å²) in [5.41, 5.74) is 5.05. The van der Waals surface area contributed by atoms with Crippen LogP contribution in [0.15, 0.2) is 60.9 Å². The van der Waals surface area contributed by atoms with Crippen molar-refractivity contribution in [3.63, 3.8) is 0 Å². The Morgan fingerprint density at radius 1 is 1.15 bits per heavy atom. The molecule has 0 radical (unpaired) electrons. The first-order valence-electron chi connectivity index (χ1n) is 11.4. The maximum Gasteiger partial charge on any atom is 0.270 e. The predicted molar refractivity (Wildman–Crippen MR) is 127 cm³/mol. The van der Waals surface area contributed by atoms with Crippen LogP contribution in [0.2, 0.25) is 0 Å². The van der Waals surface area contributed by atoms with E-state index < -0.39 is 6.10 Å². The summed E-state index contributed by atoms with van der Waals surface area (Å²) in [6.45, 7) is 0.